The van der Waals surface area contributed by atoms with Crippen LogP contribution >= 0.6 is 0 Å². The van der Waals surface area contributed by atoms with Crippen LogP contribution in [0.25, 0.3) is 0 Å². The lowest BCUT2D eigenvalue weighted by atomic mass is 10.2. The van der Waals surface area contributed by atoms with Crippen LogP contribution in [-0.2, 0) is 10.0 Å². The molecule has 6 nitrogen and oxygen atoms in total. The van der Waals surface area contributed by atoms with Crippen LogP contribution in [0.2, 0.25) is 0 Å². The number of hydrogen-bond donors (Lipinski definition) is 2. The second kappa shape index (κ2) is 6.09. The zero-order valence-corrected chi connectivity index (χ0v) is 10.8. The molecular weight excluding hydrogens is 301 g/mol. The molecule has 0 aliphatic rings. The number of primary sulfonamides is 1. The van der Waals surface area contributed by atoms with Gasteiger partial charge in [0, 0.05) is 6.54 Å². The third kappa shape index (κ3) is 5.89. The molecule has 0 fully saturated rings. The number of amides is 1. The van der Waals surface area contributed by atoms with Crippen molar-refractivity contribution < 1.29 is 31.1 Å². The Morgan fingerprint density at radius 2 is 1.90 bits per heavy atom. The highest BCUT2D eigenvalue weighted by molar-refractivity contribution is 7.89. The van der Waals surface area contributed by atoms with Gasteiger partial charge in [0.2, 0.25) is 10.0 Å². The summed E-state index contributed by atoms with van der Waals surface area (Å²) in [5, 5.41) is 6.86. The number of para-hydroxylation sites is 1. The zero-order valence-electron chi connectivity index (χ0n) is 9.98. The minimum atomic E-state index is -4.93. The van der Waals surface area contributed by atoms with Crippen LogP contribution in [-0.4, -0.2) is 33.0 Å². The van der Waals surface area contributed by atoms with Crippen molar-refractivity contribution in [1.82, 2.24) is 5.32 Å². The van der Waals surface area contributed by atoms with Crippen LogP contribution < -0.4 is 15.2 Å². The second-order valence-electron chi connectivity index (χ2n) is 3.67. The lowest BCUT2D eigenvalue weighted by Gasteiger charge is -2.12. The monoisotopic (exact) mass is 312 g/mol. The summed E-state index contributed by atoms with van der Waals surface area (Å²) < 4.78 is 61.4. The van der Waals surface area contributed by atoms with E-state index in [4.69, 9.17) is 5.14 Å². The number of nitrogens with one attached hydrogen (secondary N) is 1. The first kappa shape index (κ1) is 16.2. The van der Waals surface area contributed by atoms with Gasteiger partial charge in [-0.15, -0.1) is 13.2 Å². The van der Waals surface area contributed by atoms with Gasteiger partial charge in [-0.3, -0.25) is 4.79 Å². The molecule has 0 aliphatic heterocycles. The molecule has 0 unspecified atom stereocenters. The number of halogens is 3. The summed E-state index contributed by atoms with van der Waals surface area (Å²) in [5.41, 5.74) is -0.362. The summed E-state index contributed by atoms with van der Waals surface area (Å²) in [7, 11) is -3.77. The van der Waals surface area contributed by atoms with Gasteiger partial charge in [-0.25, -0.2) is 13.6 Å². The third-order valence-corrected chi connectivity index (χ3v) is 2.80. The van der Waals surface area contributed by atoms with Crippen LogP contribution in [0, 0.1) is 0 Å². The largest absolute Gasteiger partial charge is 0.573 e. The fourth-order valence-corrected chi connectivity index (χ4v) is 1.66. The third-order valence-electron chi connectivity index (χ3n) is 2.03. The number of hydrogen-bond acceptors (Lipinski definition) is 4. The fraction of sp³-hybridized carbons (Fsp3) is 0.300. The Kier molecular flexibility index (Phi) is 4.95. The molecule has 0 radical (unpaired) electrons. The minimum Gasteiger partial charge on any atom is -0.405 e. The van der Waals surface area contributed by atoms with Crippen molar-refractivity contribution in [2.24, 2.45) is 5.14 Å². The van der Waals surface area contributed by atoms with Gasteiger partial charge in [-0.05, 0) is 12.1 Å². The van der Waals surface area contributed by atoms with Crippen LogP contribution in [0.15, 0.2) is 24.3 Å². The van der Waals surface area contributed by atoms with E-state index < -0.39 is 33.8 Å². The first-order valence-corrected chi connectivity index (χ1v) is 6.93. The first-order valence-electron chi connectivity index (χ1n) is 5.22. The summed E-state index contributed by atoms with van der Waals surface area (Å²) in [4.78, 5) is 11.6. The van der Waals surface area contributed by atoms with Gasteiger partial charge in [0.25, 0.3) is 5.91 Å². The molecule has 0 aliphatic carbocycles. The molecule has 1 amide bonds. The fourth-order valence-electron chi connectivity index (χ4n) is 1.27. The highest BCUT2D eigenvalue weighted by Crippen LogP contribution is 2.25. The molecule has 0 spiro atoms. The van der Waals surface area contributed by atoms with Crippen LogP contribution in [0.5, 0.6) is 5.75 Å². The maximum Gasteiger partial charge on any atom is 0.573 e. The lowest BCUT2D eigenvalue weighted by molar-refractivity contribution is -0.274. The van der Waals surface area contributed by atoms with Gasteiger partial charge in [0.05, 0.1) is 11.3 Å². The summed E-state index contributed by atoms with van der Waals surface area (Å²) in [6.45, 7) is -0.321. The van der Waals surface area contributed by atoms with Crippen LogP contribution in [0.3, 0.4) is 0 Å². The Hall–Kier alpha value is -1.81. The van der Waals surface area contributed by atoms with Crippen LogP contribution in [0.1, 0.15) is 10.4 Å². The van der Waals surface area contributed by atoms with Gasteiger partial charge >= 0.3 is 6.36 Å². The molecule has 10 heteroatoms. The van der Waals surface area contributed by atoms with Gasteiger partial charge < -0.3 is 10.1 Å². The van der Waals surface area contributed by atoms with Crippen molar-refractivity contribution >= 4 is 15.9 Å². The number of ether oxygens (including phenoxy) is 1. The molecule has 3 N–H and O–H groups in total. The number of alkyl halides is 3. The van der Waals surface area contributed by atoms with E-state index in [1.54, 1.807) is 0 Å². The quantitative estimate of drug-likeness (QED) is 0.832. The first-order chi connectivity index (χ1) is 9.08. The maximum atomic E-state index is 12.1. The van der Waals surface area contributed by atoms with Crippen molar-refractivity contribution in [3.63, 3.8) is 0 Å². The molecule has 1 aromatic carbocycles. The summed E-state index contributed by atoms with van der Waals surface area (Å²) in [6.07, 6.45) is -4.93. The Bertz CT molecular complexity index is 586. The van der Waals surface area contributed by atoms with Gasteiger partial charge in [0.15, 0.2) is 0 Å². The average molecular weight is 312 g/mol. The smallest absolute Gasteiger partial charge is 0.405 e. The molecule has 1 aromatic rings. The number of nitrogens with two attached hydrogens (primary N) is 1. The second-order valence-corrected chi connectivity index (χ2v) is 5.40. The highest BCUT2D eigenvalue weighted by atomic mass is 32.2. The van der Waals surface area contributed by atoms with E-state index in [1.807, 2.05) is 0 Å². The van der Waals surface area contributed by atoms with E-state index in [1.165, 1.54) is 12.1 Å². The Morgan fingerprint density at radius 1 is 1.30 bits per heavy atom. The van der Waals surface area contributed by atoms with Crippen molar-refractivity contribution in [3.8, 4) is 5.75 Å². The molecule has 1 rings (SSSR count). The molecule has 0 aromatic heterocycles. The SMILES string of the molecule is NS(=O)(=O)CCNC(=O)c1ccccc1OC(F)(F)F. The van der Waals surface area contributed by atoms with Gasteiger partial charge in [0.1, 0.15) is 5.75 Å². The predicted octanol–water partition coefficient (Wildman–Crippen LogP) is 0.604. The van der Waals surface area contributed by atoms with E-state index in [0.29, 0.717) is 0 Å². The lowest BCUT2D eigenvalue weighted by Crippen LogP contribution is -2.32. The Labute approximate surface area is 112 Å². The molecule has 0 atom stereocenters. The van der Waals surface area contributed by atoms with Crippen molar-refractivity contribution in [1.29, 1.82) is 0 Å². The van der Waals surface area contributed by atoms with E-state index in [-0.39, 0.29) is 12.1 Å². The normalized spacial score (nSPS) is 12.0. The van der Waals surface area contributed by atoms with Crippen molar-refractivity contribution in [3.05, 3.63) is 29.8 Å². The standard InChI is InChI=1S/C10H11F3N2O4S/c11-10(12,13)19-8-4-2-1-3-7(8)9(16)15-5-6-20(14,17)18/h1-4H,5-6H2,(H,15,16)(H2,14,17,18). The number of rotatable bonds is 5. The van der Waals surface area contributed by atoms with Crippen molar-refractivity contribution in [2.75, 3.05) is 12.3 Å². The topological polar surface area (TPSA) is 98.5 Å². The highest BCUT2D eigenvalue weighted by Gasteiger charge is 2.32. The Balaban J connectivity index is 2.78. The Morgan fingerprint density at radius 3 is 2.45 bits per heavy atom. The maximum absolute atomic E-state index is 12.1. The molecule has 0 saturated carbocycles. The zero-order chi connectivity index (χ0) is 15.4. The number of carbonyl (C=O) groups is 1. The van der Waals surface area contributed by atoms with E-state index in [9.17, 15) is 26.4 Å². The number of benzene rings is 1. The molecule has 112 valence electrons. The molecule has 0 heterocycles. The molecule has 0 bridgehead atoms. The van der Waals surface area contributed by atoms with Crippen molar-refractivity contribution in [2.45, 2.75) is 6.36 Å². The summed E-state index contributed by atoms with van der Waals surface area (Å²) >= 11 is 0. The summed E-state index contributed by atoms with van der Waals surface area (Å²) in [5.74, 6) is -2.09. The number of sulfonamides is 1. The van der Waals surface area contributed by atoms with Gasteiger partial charge in [-0.2, -0.15) is 0 Å². The van der Waals surface area contributed by atoms with E-state index in [0.717, 1.165) is 12.1 Å². The van der Waals surface area contributed by atoms with E-state index in [2.05, 4.69) is 10.1 Å². The summed E-state index contributed by atoms with van der Waals surface area (Å²) in [6, 6.07) is 4.70. The minimum absolute atomic E-state index is 0.321. The average Bonchev–Trinajstić information content (AvgIpc) is 2.25. The number of carbonyl (C=O) groups excluding carboxylic acids is 1. The predicted molar refractivity (Wildman–Crippen MR) is 63.4 cm³/mol. The van der Waals surface area contributed by atoms with E-state index >= 15 is 0 Å². The molecule has 20 heavy (non-hydrogen) atoms. The molecule has 0 saturated heterocycles. The molecular formula is C10H11F3N2O4S. The van der Waals surface area contributed by atoms with Gasteiger partial charge in [-0.1, -0.05) is 12.1 Å². The van der Waals surface area contributed by atoms with Crippen LogP contribution in [0.4, 0.5) is 13.2 Å².